The number of aromatic nitrogens is 2. The van der Waals surface area contributed by atoms with Crippen molar-refractivity contribution in [3.05, 3.63) is 64.3 Å². The van der Waals surface area contributed by atoms with Crippen LogP contribution in [0.15, 0.2) is 41.6 Å². The lowest BCUT2D eigenvalue weighted by molar-refractivity contribution is -0.192. The Morgan fingerprint density at radius 3 is 2.27 bits per heavy atom. The Bertz CT molecular complexity index is 1460. The number of benzene rings is 1. The fourth-order valence-electron chi connectivity index (χ4n) is 5.50. The Morgan fingerprint density at radius 1 is 1.07 bits per heavy atom. The molecule has 0 bridgehead atoms. The Balaban J connectivity index is 0.000000566. The third-order valence-corrected chi connectivity index (χ3v) is 7.92. The zero-order valence-corrected chi connectivity index (χ0v) is 24.5. The summed E-state index contributed by atoms with van der Waals surface area (Å²) >= 11 is 0. The van der Waals surface area contributed by atoms with Crippen molar-refractivity contribution in [2.45, 2.75) is 76.9 Å². The van der Waals surface area contributed by atoms with Crippen LogP contribution in [0.5, 0.6) is 0 Å². The van der Waals surface area contributed by atoms with Gasteiger partial charge in [-0.05, 0) is 74.3 Å². The van der Waals surface area contributed by atoms with Gasteiger partial charge in [-0.25, -0.2) is 13.6 Å². The molecule has 44 heavy (non-hydrogen) atoms. The molecule has 1 aromatic carbocycles. The average Bonchev–Trinajstić information content (AvgIpc) is 3.00. The Kier molecular flexibility index (Phi) is 11.4. The number of carboxylic acids is 1. The molecule has 240 valence electrons. The number of rotatable bonds is 8. The lowest BCUT2D eigenvalue weighted by Gasteiger charge is -2.35. The van der Waals surface area contributed by atoms with Crippen LogP contribution < -0.4 is 10.9 Å². The first-order valence-corrected chi connectivity index (χ1v) is 14.8. The van der Waals surface area contributed by atoms with Gasteiger partial charge in [0.15, 0.2) is 0 Å². The molecule has 5 rings (SSSR count). The highest BCUT2D eigenvalue weighted by Gasteiger charge is 2.38. The lowest BCUT2D eigenvalue weighted by Crippen LogP contribution is -2.40. The minimum absolute atomic E-state index is 0.0896. The standard InChI is InChI=1S/C29H36F2N4O2.C2HF3O2/c1-2-3-12-35-19-25(23-6-11-33-17-24(23)29(35)36)20-15-27(30)26(28(31)16-20)18-34-13-7-22(8-14-34)37-21-4-9-32-10-5-21;3-2(4,5)1(6)7/h6,11,15-17,19,21-22,32H,2-5,7-10,12-14,18H2,1H3;(H,6,7). The molecular formula is C31H37F5N4O4. The smallest absolute Gasteiger partial charge is 0.475 e. The molecule has 2 aromatic heterocycles. The van der Waals surface area contributed by atoms with Crippen LogP contribution in [0.3, 0.4) is 0 Å². The predicted molar refractivity (Wildman–Crippen MR) is 155 cm³/mol. The second-order valence-electron chi connectivity index (χ2n) is 11.1. The summed E-state index contributed by atoms with van der Waals surface area (Å²) in [7, 11) is 0. The van der Waals surface area contributed by atoms with E-state index in [4.69, 9.17) is 14.6 Å². The average molecular weight is 625 g/mol. The van der Waals surface area contributed by atoms with Crippen molar-refractivity contribution in [3.8, 4) is 11.1 Å². The summed E-state index contributed by atoms with van der Waals surface area (Å²) in [6.45, 7) is 6.37. The molecule has 8 nitrogen and oxygen atoms in total. The largest absolute Gasteiger partial charge is 0.490 e. The maximum atomic E-state index is 15.3. The van der Waals surface area contributed by atoms with Crippen molar-refractivity contribution in [2.24, 2.45) is 0 Å². The number of fused-ring (bicyclic) bond motifs is 1. The second kappa shape index (κ2) is 15.0. The molecule has 0 saturated carbocycles. The molecule has 2 aliphatic rings. The van der Waals surface area contributed by atoms with Crippen molar-refractivity contribution < 1.29 is 36.6 Å². The van der Waals surface area contributed by atoms with Gasteiger partial charge in [-0.1, -0.05) is 13.3 Å². The summed E-state index contributed by atoms with van der Waals surface area (Å²) in [5.74, 6) is -3.87. The van der Waals surface area contributed by atoms with Crippen LogP contribution >= 0.6 is 0 Å². The maximum absolute atomic E-state index is 15.3. The number of piperidine rings is 2. The molecule has 0 atom stereocenters. The van der Waals surface area contributed by atoms with Gasteiger partial charge in [0, 0.05) is 55.9 Å². The summed E-state index contributed by atoms with van der Waals surface area (Å²) in [6, 6.07) is 4.53. The topological polar surface area (TPSA) is 96.7 Å². The van der Waals surface area contributed by atoms with E-state index in [0.29, 0.717) is 34.5 Å². The molecule has 2 fully saturated rings. The van der Waals surface area contributed by atoms with Gasteiger partial charge in [0.05, 0.1) is 17.6 Å². The van der Waals surface area contributed by atoms with Gasteiger partial charge >= 0.3 is 12.1 Å². The van der Waals surface area contributed by atoms with E-state index in [2.05, 4.69) is 22.1 Å². The van der Waals surface area contributed by atoms with Crippen LogP contribution in [0, 0.1) is 11.6 Å². The van der Waals surface area contributed by atoms with Gasteiger partial charge in [0.2, 0.25) is 0 Å². The van der Waals surface area contributed by atoms with Crippen LogP contribution in [0.4, 0.5) is 22.0 Å². The van der Waals surface area contributed by atoms with Crippen LogP contribution in [0.1, 0.15) is 51.0 Å². The van der Waals surface area contributed by atoms with Gasteiger partial charge in [0.1, 0.15) is 11.6 Å². The van der Waals surface area contributed by atoms with E-state index < -0.39 is 23.8 Å². The minimum atomic E-state index is -5.08. The third kappa shape index (κ3) is 8.60. The highest BCUT2D eigenvalue weighted by atomic mass is 19.4. The van der Waals surface area contributed by atoms with Crippen molar-refractivity contribution in [3.63, 3.8) is 0 Å². The number of hydrogen-bond acceptors (Lipinski definition) is 6. The number of carboxylic acid groups (broad SMARTS) is 1. The van der Waals surface area contributed by atoms with Gasteiger partial charge in [0.25, 0.3) is 5.56 Å². The van der Waals surface area contributed by atoms with Crippen molar-refractivity contribution >= 4 is 16.7 Å². The highest BCUT2D eigenvalue weighted by molar-refractivity contribution is 5.95. The van der Waals surface area contributed by atoms with Crippen LogP contribution in [0.2, 0.25) is 0 Å². The van der Waals surface area contributed by atoms with Crippen LogP contribution in [-0.4, -0.2) is 70.1 Å². The number of likely N-dealkylation sites (tertiary alicyclic amines) is 1. The fourth-order valence-corrected chi connectivity index (χ4v) is 5.50. The van der Waals surface area contributed by atoms with Crippen molar-refractivity contribution in [1.82, 2.24) is 19.8 Å². The van der Waals surface area contributed by atoms with E-state index >= 15 is 8.78 Å². The zero-order valence-electron chi connectivity index (χ0n) is 24.5. The molecule has 0 spiro atoms. The molecule has 2 aliphatic heterocycles. The first kappa shape index (κ1) is 33.5. The normalized spacial score (nSPS) is 17.0. The van der Waals surface area contributed by atoms with E-state index in [0.717, 1.165) is 64.7 Å². The molecule has 3 aromatic rings. The van der Waals surface area contributed by atoms with Gasteiger partial charge in [-0.3, -0.25) is 14.7 Å². The number of hydrogen-bond donors (Lipinski definition) is 2. The molecule has 0 aliphatic carbocycles. The lowest BCUT2D eigenvalue weighted by atomic mass is 9.99. The quantitative estimate of drug-likeness (QED) is 0.319. The third-order valence-electron chi connectivity index (χ3n) is 7.92. The number of alkyl halides is 3. The second-order valence-corrected chi connectivity index (χ2v) is 11.1. The maximum Gasteiger partial charge on any atom is 0.490 e. The van der Waals surface area contributed by atoms with Crippen LogP contribution in [0.25, 0.3) is 21.9 Å². The summed E-state index contributed by atoms with van der Waals surface area (Å²) in [5.41, 5.74) is 1.01. The number of unbranched alkanes of at least 4 members (excludes halogenated alkanes) is 1. The first-order valence-electron chi connectivity index (χ1n) is 14.8. The van der Waals surface area contributed by atoms with Gasteiger partial charge in [-0.2, -0.15) is 13.2 Å². The number of carbonyl (C=O) groups is 1. The van der Waals surface area contributed by atoms with Crippen molar-refractivity contribution in [2.75, 3.05) is 26.2 Å². The Hall–Kier alpha value is -3.42. The van der Waals surface area contributed by atoms with Gasteiger partial charge in [-0.15, -0.1) is 0 Å². The molecule has 13 heteroatoms. The number of ether oxygens (including phenoxy) is 1. The first-order chi connectivity index (χ1) is 21.0. The number of aliphatic carboxylic acids is 1. The molecule has 2 N–H and O–H groups in total. The summed E-state index contributed by atoms with van der Waals surface area (Å²) < 4.78 is 70.3. The number of nitrogens with one attached hydrogen (secondary N) is 1. The molecule has 0 amide bonds. The summed E-state index contributed by atoms with van der Waals surface area (Å²) in [6.07, 6.45) is 5.95. The molecule has 0 unspecified atom stereocenters. The monoisotopic (exact) mass is 624 g/mol. The van der Waals surface area contributed by atoms with E-state index in [-0.39, 0.29) is 23.8 Å². The molecular weight excluding hydrogens is 587 g/mol. The van der Waals surface area contributed by atoms with E-state index in [1.807, 2.05) is 0 Å². The fraction of sp³-hybridized carbons (Fsp3) is 0.516. The molecule has 2 saturated heterocycles. The number of nitrogens with zero attached hydrogens (tertiary/aromatic N) is 3. The highest BCUT2D eigenvalue weighted by Crippen LogP contribution is 2.30. The number of pyridine rings is 2. The Labute approximate surface area is 251 Å². The minimum Gasteiger partial charge on any atom is -0.475 e. The molecule has 0 radical (unpaired) electrons. The summed E-state index contributed by atoms with van der Waals surface area (Å²) in [4.78, 5) is 28.0. The predicted octanol–water partition coefficient (Wildman–Crippen LogP) is 5.51. The van der Waals surface area contributed by atoms with Crippen LogP contribution in [-0.2, 0) is 22.6 Å². The van der Waals surface area contributed by atoms with E-state index in [1.165, 1.54) is 18.3 Å². The van der Waals surface area contributed by atoms with Gasteiger partial charge < -0.3 is 19.7 Å². The molecule has 4 heterocycles. The van der Waals surface area contributed by atoms with E-state index in [1.54, 1.807) is 23.0 Å². The zero-order chi connectivity index (χ0) is 31.9. The van der Waals surface area contributed by atoms with Crippen molar-refractivity contribution in [1.29, 1.82) is 0 Å². The Morgan fingerprint density at radius 2 is 1.68 bits per heavy atom. The number of halogens is 5. The van der Waals surface area contributed by atoms with E-state index in [9.17, 15) is 18.0 Å². The summed E-state index contributed by atoms with van der Waals surface area (Å²) in [5, 5.41) is 11.6. The number of aryl methyl sites for hydroxylation is 1. The SMILES string of the molecule is CCCCn1cc(-c2cc(F)c(CN3CCC(OC4CCNCC4)CC3)c(F)c2)c2ccncc2c1=O.O=C(O)C(F)(F)F.